The van der Waals surface area contributed by atoms with Crippen LogP contribution in [0.25, 0.3) is 5.69 Å². The highest BCUT2D eigenvalue weighted by atomic mass is 35.5. The lowest BCUT2D eigenvalue weighted by molar-refractivity contribution is 0.103. The second-order valence-electron chi connectivity index (χ2n) is 4.95. The molecule has 0 unspecified atom stereocenters. The predicted octanol–water partition coefficient (Wildman–Crippen LogP) is 3.65. The summed E-state index contributed by atoms with van der Waals surface area (Å²) in [6.45, 7) is 1.89. The Balaban J connectivity index is 2.07. The second-order valence-corrected chi connectivity index (χ2v) is 5.36. The van der Waals surface area contributed by atoms with Crippen molar-refractivity contribution in [2.75, 3.05) is 5.73 Å². The number of ketones is 1. The maximum absolute atomic E-state index is 12.7. The number of hydrogen-bond donors (Lipinski definition) is 1. The van der Waals surface area contributed by atoms with Crippen molar-refractivity contribution in [1.29, 1.82) is 0 Å². The molecular formula is C17H14ClN3O. The minimum absolute atomic E-state index is 0.145. The Labute approximate surface area is 133 Å². The third-order valence-electron chi connectivity index (χ3n) is 3.52. The third-order valence-corrected chi connectivity index (χ3v) is 3.84. The van der Waals surface area contributed by atoms with Crippen LogP contribution in [0.15, 0.2) is 54.7 Å². The summed E-state index contributed by atoms with van der Waals surface area (Å²) in [5.41, 5.74) is 8.65. The molecule has 0 spiro atoms. The third kappa shape index (κ3) is 2.38. The van der Waals surface area contributed by atoms with Crippen LogP contribution in [0.4, 0.5) is 5.82 Å². The Morgan fingerprint density at radius 3 is 2.50 bits per heavy atom. The normalized spacial score (nSPS) is 10.6. The fraction of sp³-hybridized carbons (Fsp3) is 0.0588. The molecule has 2 N–H and O–H groups in total. The Kier molecular flexibility index (Phi) is 3.69. The number of benzene rings is 2. The predicted molar refractivity (Wildman–Crippen MR) is 87.6 cm³/mol. The molecule has 3 aromatic rings. The topological polar surface area (TPSA) is 60.9 Å². The van der Waals surface area contributed by atoms with Crippen molar-refractivity contribution in [3.63, 3.8) is 0 Å². The molecule has 0 bridgehead atoms. The Morgan fingerprint density at radius 1 is 1.09 bits per heavy atom. The van der Waals surface area contributed by atoms with E-state index >= 15 is 0 Å². The zero-order chi connectivity index (χ0) is 15.7. The van der Waals surface area contributed by atoms with Gasteiger partial charge in [-0.2, -0.15) is 5.10 Å². The van der Waals surface area contributed by atoms with E-state index in [4.69, 9.17) is 17.3 Å². The van der Waals surface area contributed by atoms with Gasteiger partial charge < -0.3 is 5.73 Å². The highest BCUT2D eigenvalue weighted by Crippen LogP contribution is 2.25. The van der Waals surface area contributed by atoms with Crippen LogP contribution in [-0.4, -0.2) is 15.6 Å². The summed E-state index contributed by atoms with van der Waals surface area (Å²) in [7, 11) is 0. The van der Waals surface area contributed by atoms with Crippen LogP contribution in [0.5, 0.6) is 0 Å². The van der Waals surface area contributed by atoms with Crippen LogP contribution < -0.4 is 5.73 Å². The van der Waals surface area contributed by atoms with E-state index in [2.05, 4.69) is 5.10 Å². The quantitative estimate of drug-likeness (QED) is 0.751. The number of aromatic nitrogens is 2. The van der Waals surface area contributed by atoms with Gasteiger partial charge in [-0.25, -0.2) is 4.68 Å². The number of nitrogens with two attached hydrogens (primary N) is 1. The number of hydrogen-bond acceptors (Lipinski definition) is 3. The first-order valence-electron chi connectivity index (χ1n) is 6.78. The van der Waals surface area contributed by atoms with Gasteiger partial charge in [-0.3, -0.25) is 4.79 Å². The monoisotopic (exact) mass is 311 g/mol. The fourth-order valence-electron chi connectivity index (χ4n) is 2.32. The van der Waals surface area contributed by atoms with E-state index in [1.165, 1.54) is 10.9 Å². The van der Waals surface area contributed by atoms with Crippen molar-refractivity contribution >= 4 is 23.2 Å². The van der Waals surface area contributed by atoms with Gasteiger partial charge in [0.25, 0.3) is 0 Å². The van der Waals surface area contributed by atoms with Crippen molar-refractivity contribution in [3.8, 4) is 5.69 Å². The number of aryl methyl sites for hydroxylation is 1. The van der Waals surface area contributed by atoms with Crippen molar-refractivity contribution in [1.82, 2.24) is 9.78 Å². The Morgan fingerprint density at radius 2 is 1.77 bits per heavy atom. The lowest BCUT2D eigenvalue weighted by Crippen LogP contribution is -2.08. The van der Waals surface area contributed by atoms with Crippen LogP contribution in [-0.2, 0) is 0 Å². The number of nitrogen functional groups attached to an aromatic ring is 1. The molecule has 0 radical (unpaired) electrons. The fourth-order valence-corrected chi connectivity index (χ4v) is 2.54. The molecule has 5 heteroatoms. The largest absolute Gasteiger partial charge is 0.383 e. The van der Waals surface area contributed by atoms with Crippen LogP contribution in [0.2, 0.25) is 5.02 Å². The van der Waals surface area contributed by atoms with E-state index in [0.717, 1.165) is 5.56 Å². The maximum Gasteiger partial charge on any atom is 0.198 e. The van der Waals surface area contributed by atoms with Crippen molar-refractivity contribution in [2.24, 2.45) is 0 Å². The maximum atomic E-state index is 12.7. The lowest BCUT2D eigenvalue weighted by atomic mass is 10.0. The van der Waals surface area contributed by atoms with E-state index in [9.17, 15) is 4.79 Å². The van der Waals surface area contributed by atoms with Crippen LogP contribution >= 0.6 is 11.6 Å². The second kappa shape index (κ2) is 5.66. The number of nitrogens with zero attached hydrogens (tertiary/aromatic N) is 2. The molecule has 110 valence electrons. The van der Waals surface area contributed by atoms with Gasteiger partial charge >= 0.3 is 0 Å². The first-order chi connectivity index (χ1) is 10.6. The summed E-state index contributed by atoms with van der Waals surface area (Å²) < 4.78 is 1.48. The first kappa shape index (κ1) is 14.4. The Bertz CT molecular complexity index is 855. The van der Waals surface area contributed by atoms with Gasteiger partial charge in [0.1, 0.15) is 5.82 Å². The SMILES string of the molecule is Cc1ccccc1C(=O)c1cnn(-c2ccccc2Cl)c1N. The molecule has 3 rings (SSSR count). The van der Waals surface area contributed by atoms with Crippen LogP contribution in [0.1, 0.15) is 21.5 Å². The van der Waals surface area contributed by atoms with Crippen molar-refractivity contribution < 1.29 is 4.79 Å². The molecular weight excluding hydrogens is 298 g/mol. The van der Waals surface area contributed by atoms with E-state index in [0.29, 0.717) is 21.8 Å². The van der Waals surface area contributed by atoms with Crippen molar-refractivity contribution in [2.45, 2.75) is 6.92 Å². The van der Waals surface area contributed by atoms with Crippen LogP contribution in [0.3, 0.4) is 0 Å². The molecule has 2 aromatic carbocycles. The van der Waals surface area contributed by atoms with Gasteiger partial charge in [0.2, 0.25) is 0 Å². The lowest BCUT2D eigenvalue weighted by Gasteiger charge is -2.07. The van der Waals surface area contributed by atoms with Gasteiger partial charge in [0, 0.05) is 5.56 Å². The average molecular weight is 312 g/mol. The van der Waals surface area contributed by atoms with E-state index in [-0.39, 0.29) is 11.6 Å². The molecule has 0 aliphatic heterocycles. The summed E-state index contributed by atoms with van der Waals surface area (Å²) >= 11 is 6.16. The summed E-state index contributed by atoms with van der Waals surface area (Å²) in [6, 6.07) is 14.6. The molecule has 0 saturated carbocycles. The highest BCUT2D eigenvalue weighted by molar-refractivity contribution is 6.32. The molecule has 0 aliphatic carbocycles. The molecule has 0 saturated heterocycles. The van der Waals surface area contributed by atoms with Gasteiger partial charge in [-0.1, -0.05) is 48.0 Å². The van der Waals surface area contributed by atoms with E-state index in [1.54, 1.807) is 18.2 Å². The molecule has 0 atom stereocenters. The zero-order valence-electron chi connectivity index (χ0n) is 12.0. The van der Waals surface area contributed by atoms with Crippen molar-refractivity contribution in [3.05, 3.63) is 76.4 Å². The Hall–Kier alpha value is -2.59. The molecule has 0 fully saturated rings. The van der Waals surface area contributed by atoms with Gasteiger partial charge in [0.15, 0.2) is 5.78 Å². The number of halogens is 1. The number of carbonyl (C=O) groups is 1. The molecule has 0 aliphatic rings. The molecule has 1 aromatic heterocycles. The minimum Gasteiger partial charge on any atom is -0.383 e. The number of rotatable bonds is 3. The summed E-state index contributed by atoms with van der Waals surface area (Å²) in [5.74, 6) is 0.134. The summed E-state index contributed by atoms with van der Waals surface area (Å²) in [5, 5.41) is 4.73. The molecule has 0 amide bonds. The first-order valence-corrected chi connectivity index (χ1v) is 7.16. The van der Waals surface area contributed by atoms with Gasteiger partial charge in [0.05, 0.1) is 22.5 Å². The smallest absolute Gasteiger partial charge is 0.198 e. The summed E-state index contributed by atoms with van der Waals surface area (Å²) in [6.07, 6.45) is 1.48. The molecule has 22 heavy (non-hydrogen) atoms. The van der Waals surface area contributed by atoms with Gasteiger partial charge in [-0.15, -0.1) is 0 Å². The van der Waals surface area contributed by atoms with E-state index in [1.807, 2.05) is 37.3 Å². The highest BCUT2D eigenvalue weighted by Gasteiger charge is 2.19. The molecule has 1 heterocycles. The van der Waals surface area contributed by atoms with Crippen LogP contribution in [0, 0.1) is 6.92 Å². The standard InChI is InChI=1S/C17H14ClN3O/c1-11-6-2-3-7-12(11)16(22)13-10-20-21(17(13)19)15-9-5-4-8-14(15)18/h2-10H,19H2,1H3. The van der Waals surface area contributed by atoms with E-state index < -0.39 is 0 Å². The summed E-state index contributed by atoms with van der Waals surface area (Å²) in [4.78, 5) is 12.7. The number of anilines is 1. The number of para-hydroxylation sites is 1. The minimum atomic E-state index is -0.145. The molecule has 4 nitrogen and oxygen atoms in total. The zero-order valence-corrected chi connectivity index (χ0v) is 12.7. The number of carbonyl (C=O) groups excluding carboxylic acids is 1. The van der Waals surface area contributed by atoms with Gasteiger partial charge in [-0.05, 0) is 24.6 Å². The average Bonchev–Trinajstić information content (AvgIpc) is 2.89.